The van der Waals surface area contributed by atoms with Gasteiger partial charge in [0.1, 0.15) is 0 Å². The molecule has 0 aromatic carbocycles. The van der Waals surface area contributed by atoms with Crippen LogP contribution in [0, 0.1) is 5.92 Å². The maximum Gasteiger partial charge on any atom is 0.0971 e. The van der Waals surface area contributed by atoms with Crippen LogP contribution < -0.4 is 5.32 Å². The van der Waals surface area contributed by atoms with Crippen molar-refractivity contribution >= 4 is 0 Å². The van der Waals surface area contributed by atoms with Crippen molar-refractivity contribution in [1.82, 2.24) is 5.32 Å². The Kier molecular flexibility index (Phi) is 2.32. The summed E-state index contributed by atoms with van der Waals surface area (Å²) >= 11 is 0. The van der Waals surface area contributed by atoms with Crippen LogP contribution in [0.2, 0.25) is 0 Å². The maximum absolute atomic E-state index is 5.25. The van der Waals surface area contributed by atoms with Gasteiger partial charge in [-0.25, -0.2) is 0 Å². The summed E-state index contributed by atoms with van der Waals surface area (Å²) < 4.78 is 5.25. The molecule has 0 saturated carbocycles. The van der Waals surface area contributed by atoms with Gasteiger partial charge in [-0.15, -0.1) is 0 Å². The lowest BCUT2D eigenvalue weighted by molar-refractivity contribution is 0.174. The Hall–Kier alpha value is -0.0800. The van der Waals surface area contributed by atoms with Crippen molar-refractivity contribution in [2.75, 3.05) is 13.3 Å². The molecule has 1 unspecified atom stereocenters. The zero-order chi connectivity index (χ0) is 7.61. The molecule has 0 aliphatic carbocycles. The fraction of sp³-hybridized carbons (Fsp3) is 1.00. The van der Waals surface area contributed by atoms with Crippen molar-refractivity contribution in [2.24, 2.45) is 5.92 Å². The third-order valence-corrected chi connectivity index (χ3v) is 1.88. The van der Waals surface area contributed by atoms with Crippen LogP contribution in [0.15, 0.2) is 0 Å². The Bertz CT molecular complexity index is 106. The van der Waals surface area contributed by atoms with Gasteiger partial charge in [0.05, 0.1) is 13.3 Å². The normalized spacial score (nSPS) is 33.6. The van der Waals surface area contributed by atoms with Crippen molar-refractivity contribution in [3.05, 3.63) is 0 Å². The highest BCUT2D eigenvalue weighted by Gasteiger charge is 2.29. The topological polar surface area (TPSA) is 21.3 Å². The van der Waals surface area contributed by atoms with Crippen molar-refractivity contribution in [1.29, 1.82) is 0 Å². The SMILES string of the molecule is CC(C)CC1(C)COCN1. The average molecular weight is 143 g/mol. The van der Waals surface area contributed by atoms with Gasteiger partial charge in [-0.2, -0.15) is 0 Å². The Morgan fingerprint density at radius 1 is 1.60 bits per heavy atom. The molecular weight excluding hydrogens is 126 g/mol. The second kappa shape index (κ2) is 2.89. The Balaban J connectivity index is 2.36. The van der Waals surface area contributed by atoms with E-state index in [-0.39, 0.29) is 5.54 Å². The summed E-state index contributed by atoms with van der Waals surface area (Å²) in [6.45, 7) is 8.30. The van der Waals surface area contributed by atoms with E-state index in [0.29, 0.717) is 0 Å². The van der Waals surface area contributed by atoms with Crippen LogP contribution in [0.4, 0.5) is 0 Å². The highest BCUT2D eigenvalue weighted by molar-refractivity contribution is 4.86. The lowest BCUT2D eigenvalue weighted by atomic mass is 9.92. The fourth-order valence-electron chi connectivity index (χ4n) is 1.58. The van der Waals surface area contributed by atoms with Gasteiger partial charge >= 0.3 is 0 Å². The molecule has 1 rings (SSSR count). The molecule has 0 aromatic rings. The van der Waals surface area contributed by atoms with Gasteiger partial charge in [0.15, 0.2) is 0 Å². The lowest BCUT2D eigenvalue weighted by Crippen LogP contribution is -2.39. The molecule has 1 aliphatic rings. The van der Waals surface area contributed by atoms with Crippen molar-refractivity contribution < 1.29 is 4.74 Å². The summed E-state index contributed by atoms with van der Waals surface area (Å²) in [7, 11) is 0. The highest BCUT2D eigenvalue weighted by Crippen LogP contribution is 2.19. The first kappa shape index (κ1) is 8.02. The van der Waals surface area contributed by atoms with E-state index in [1.165, 1.54) is 6.42 Å². The van der Waals surface area contributed by atoms with Gasteiger partial charge in [0.2, 0.25) is 0 Å². The molecule has 0 bridgehead atoms. The first-order chi connectivity index (χ1) is 4.62. The van der Waals surface area contributed by atoms with E-state index in [0.717, 1.165) is 19.3 Å². The monoisotopic (exact) mass is 143 g/mol. The molecule has 1 atom stereocenters. The minimum absolute atomic E-state index is 0.244. The summed E-state index contributed by atoms with van der Waals surface area (Å²) in [5.74, 6) is 0.749. The van der Waals surface area contributed by atoms with Crippen LogP contribution >= 0.6 is 0 Å². The van der Waals surface area contributed by atoms with E-state index in [1.54, 1.807) is 0 Å². The van der Waals surface area contributed by atoms with Gasteiger partial charge in [0, 0.05) is 5.54 Å². The molecule has 1 N–H and O–H groups in total. The minimum atomic E-state index is 0.244. The zero-order valence-corrected chi connectivity index (χ0v) is 7.11. The van der Waals surface area contributed by atoms with Crippen LogP contribution in [0.1, 0.15) is 27.2 Å². The molecule has 1 saturated heterocycles. The third-order valence-electron chi connectivity index (χ3n) is 1.88. The summed E-state index contributed by atoms with van der Waals surface area (Å²) in [6, 6.07) is 0. The summed E-state index contributed by atoms with van der Waals surface area (Å²) in [4.78, 5) is 0. The average Bonchev–Trinajstić information content (AvgIpc) is 2.12. The predicted molar refractivity (Wildman–Crippen MR) is 41.8 cm³/mol. The van der Waals surface area contributed by atoms with Crippen LogP contribution in [0.3, 0.4) is 0 Å². The van der Waals surface area contributed by atoms with Crippen molar-refractivity contribution in [3.8, 4) is 0 Å². The number of hydrogen-bond acceptors (Lipinski definition) is 2. The molecular formula is C8H17NO. The second-order valence-electron chi connectivity index (χ2n) is 3.83. The van der Waals surface area contributed by atoms with Crippen molar-refractivity contribution in [3.63, 3.8) is 0 Å². The first-order valence-corrected chi connectivity index (χ1v) is 3.95. The van der Waals surface area contributed by atoms with Crippen molar-refractivity contribution in [2.45, 2.75) is 32.7 Å². The molecule has 2 heteroatoms. The number of ether oxygens (including phenoxy) is 1. The van der Waals surface area contributed by atoms with Crippen LogP contribution in [0.25, 0.3) is 0 Å². The van der Waals surface area contributed by atoms with E-state index in [9.17, 15) is 0 Å². The Labute approximate surface area is 63.0 Å². The number of rotatable bonds is 2. The molecule has 1 heterocycles. The van der Waals surface area contributed by atoms with Gasteiger partial charge in [-0.05, 0) is 19.3 Å². The quantitative estimate of drug-likeness (QED) is 0.630. The summed E-state index contributed by atoms with van der Waals surface area (Å²) in [6.07, 6.45) is 1.20. The Morgan fingerprint density at radius 3 is 2.70 bits per heavy atom. The third kappa shape index (κ3) is 1.96. The number of hydrogen-bond donors (Lipinski definition) is 1. The lowest BCUT2D eigenvalue weighted by Gasteiger charge is -2.24. The van der Waals surface area contributed by atoms with Crippen LogP contribution in [0.5, 0.6) is 0 Å². The first-order valence-electron chi connectivity index (χ1n) is 3.95. The smallest absolute Gasteiger partial charge is 0.0971 e. The molecule has 0 spiro atoms. The fourth-order valence-corrected chi connectivity index (χ4v) is 1.58. The maximum atomic E-state index is 5.25. The second-order valence-corrected chi connectivity index (χ2v) is 3.83. The summed E-state index contributed by atoms with van der Waals surface area (Å²) in [5, 5.41) is 3.34. The highest BCUT2D eigenvalue weighted by atomic mass is 16.5. The van der Waals surface area contributed by atoms with Gasteiger partial charge in [-0.1, -0.05) is 13.8 Å². The zero-order valence-electron chi connectivity index (χ0n) is 7.11. The van der Waals surface area contributed by atoms with E-state index in [2.05, 4.69) is 26.1 Å². The molecule has 1 fully saturated rings. The van der Waals surface area contributed by atoms with E-state index >= 15 is 0 Å². The largest absolute Gasteiger partial charge is 0.364 e. The summed E-state index contributed by atoms with van der Waals surface area (Å²) in [5.41, 5.74) is 0.244. The molecule has 1 aliphatic heterocycles. The number of nitrogens with one attached hydrogen (secondary N) is 1. The molecule has 10 heavy (non-hydrogen) atoms. The molecule has 60 valence electrons. The molecule has 0 aromatic heterocycles. The molecule has 0 radical (unpaired) electrons. The standard InChI is InChI=1S/C8H17NO/c1-7(2)4-8(3)5-10-6-9-8/h7,9H,4-6H2,1-3H3. The predicted octanol–water partition coefficient (Wildman–Crippen LogP) is 1.37. The van der Waals surface area contributed by atoms with Crippen LogP contribution in [-0.4, -0.2) is 18.9 Å². The molecule has 2 nitrogen and oxygen atoms in total. The molecule has 0 amide bonds. The van der Waals surface area contributed by atoms with Gasteiger partial charge in [0.25, 0.3) is 0 Å². The van der Waals surface area contributed by atoms with Gasteiger partial charge < -0.3 is 4.74 Å². The van der Waals surface area contributed by atoms with Gasteiger partial charge in [-0.3, -0.25) is 5.32 Å². The minimum Gasteiger partial charge on any atom is -0.364 e. The van der Waals surface area contributed by atoms with E-state index < -0.39 is 0 Å². The van der Waals surface area contributed by atoms with E-state index in [4.69, 9.17) is 4.74 Å². The Morgan fingerprint density at radius 2 is 2.30 bits per heavy atom. The van der Waals surface area contributed by atoms with E-state index in [1.807, 2.05) is 0 Å². The van der Waals surface area contributed by atoms with Crippen LogP contribution in [-0.2, 0) is 4.74 Å².